The highest BCUT2D eigenvalue weighted by molar-refractivity contribution is 9.10. The zero-order valence-electron chi connectivity index (χ0n) is 21.8. The third-order valence-corrected chi connectivity index (χ3v) is 8.12. The number of nitrogens with zero attached hydrogens (tertiary/aromatic N) is 2. The third-order valence-electron chi connectivity index (χ3n) is 7.46. The van der Waals surface area contributed by atoms with E-state index in [0.29, 0.717) is 30.0 Å². The molecule has 1 atom stereocenters. The minimum atomic E-state index is -0.507. The van der Waals surface area contributed by atoms with Gasteiger partial charge in [-0.25, -0.2) is 0 Å². The van der Waals surface area contributed by atoms with Crippen molar-refractivity contribution < 1.29 is 9.53 Å². The number of anilines is 1. The number of rotatable bonds is 5. The number of hydrogen-bond acceptors (Lipinski definition) is 5. The molecule has 0 spiro atoms. The average molecular weight is 569 g/mol. The van der Waals surface area contributed by atoms with Gasteiger partial charge < -0.3 is 10.5 Å². The average Bonchev–Trinajstić information content (AvgIpc) is 2.89. The second-order valence-corrected chi connectivity index (χ2v) is 10.9. The smallest absolute Gasteiger partial charge is 0.161 e. The lowest BCUT2D eigenvalue weighted by atomic mass is 9.74. The summed E-state index contributed by atoms with van der Waals surface area (Å²) < 4.78 is 7.02. The fourth-order valence-electron chi connectivity index (χ4n) is 5.49. The van der Waals surface area contributed by atoms with Crippen LogP contribution in [0, 0.1) is 32.1 Å². The van der Waals surface area contributed by atoms with E-state index in [-0.39, 0.29) is 5.78 Å². The second kappa shape index (κ2) is 10.5. The van der Waals surface area contributed by atoms with E-state index in [0.717, 1.165) is 62.3 Å². The van der Waals surface area contributed by atoms with Crippen LogP contribution in [-0.4, -0.2) is 5.78 Å². The highest BCUT2D eigenvalue weighted by Gasteiger charge is 2.41. The molecule has 0 saturated heterocycles. The molecule has 5 rings (SSSR count). The van der Waals surface area contributed by atoms with Gasteiger partial charge in [-0.15, -0.1) is 0 Å². The molecule has 2 N–H and O–H groups in total. The first-order valence-electron chi connectivity index (χ1n) is 12.8. The monoisotopic (exact) mass is 567 g/mol. The largest absolute Gasteiger partial charge is 0.488 e. The van der Waals surface area contributed by atoms with E-state index in [4.69, 9.17) is 10.5 Å². The molecule has 1 unspecified atom stereocenters. The van der Waals surface area contributed by atoms with Gasteiger partial charge in [-0.3, -0.25) is 9.69 Å². The molecule has 0 bridgehead atoms. The number of aryl methyl sites for hydroxylation is 3. The zero-order chi connectivity index (χ0) is 27.0. The number of hydrogen-bond donors (Lipinski definition) is 1. The maximum atomic E-state index is 13.5. The van der Waals surface area contributed by atoms with E-state index in [1.54, 1.807) is 0 Å². The van der Waals surface area contributed by atoms with Crippen molar-refractivity contribution >= 4 is 27.4 Å². The SMILES string of the molecule is Cc1ccc(N2C(N)=C(C#N)C(c3cc(COc4ccccc4Br)c(C)cc3C)C3=C2CCCC3=O)cc1. The topological polar surface area (TPSA) is 79.3 Å². The molecule has 192 valence electrons. The van der Waals surface area contributed by atoms with Crippen molar-refractivity contribution in [3.05, 3.63) is 116 Å². The molecule has 0 aromatic heterocycles. The van der Waals surface area contributed by atoms with E-state index in [2.05, 4.69) is 41.1 Å². The maximum absolute atomic E-state index is 13.5. The lowest BCUT2D eigenvalue weighted by Crippen LogP contribution is -2.38. The first-order chi connectivity index (χ1) is 18.3. The van der Waals surface area contributed by atoms with Gasteiger partial charge in [0.1, 0.15) is 18.2 Å². The molecule has 0 amide bonds. The molecule has 5 nitrogen and oxygen atoms in total. The van der Waals surface area contributed by atoms with Gasteiger partial charge in [-0.05, 0) is 96.1 Å². The molecule has 1 aliphatic heterocycles. The second-order valence-electron chi connectivity index (χ2n) is 10.0. The number of para-hydroxylation sites is 1. The number of carbonyl (C=O) groups is 1. The Morgan fingerprint density at radius 3 is 2.50 bits per heavy atom. The van der Waals surface area contributed by atoms with Crippen molar-refractivity contribution in [1.29, 1.82) is 5.26 Å². The Balaban J connectivity index is 1.63. The Kier molecular flexibility index (Phi) is 7.14. The van der Waals surface area contributed by atoms with E-state index in [1.165, 1.54) is 0 Å². The predicted molar refractivity (Wildman–Crippen MR) is 153 cm³/mol. The van der Waals surface area contributed by atoms with Crippen LogP contribution in [0.15, 0.2) is 87.8 Å². The van der Waals surface area contributed by atoms with Crippen LogP contribution in [0.5, 0.6) is 5.75 Å². The Labute approximate surface area is 232 Å². The molecule has 0 fully saturated rings. The summed E-state index contributed by atoms with van der Waals surface area (Å²) in [4.78, 5) is 15.5. The number of ether oxygens (including phenoxy) is 1. The molecule has 1 heterocycles. The summed E-state index contributed by atoms with van der Waals surface area (Å²) in [6, 6.07) is 22.4. The van der Waals surface area contributed by atoms with E-state index in [1.807, 2.05) is 67.3 Å². The number of halogens is 1. The number of nitriles is 1. The molecular formula is C32H30BrN3O2. The van der Waals surface area contributed by atoms with Crippen LogP contribution in [0.2, 0.25) is 0 Å². The first kappa shape index (κ1) is 25.8. The van der Waals surface area contributed by atoms with Crippen molar-refractivity contribution in [1.82, 2.24) is 0 Å². The Morgan fingerprint density at radius 1 is 1.05 bits per heavy atom. The van der Waals surface area contributed by atoms with Crippen LogP contribution < -0.4 is 15.4 Å². The number of Topliss-reactive ketones (excluding diaryl/α,β-unsaturated/α-hetero) is 1. The summed E-state index contributed by atoms with van der Waals surface area (Å²) in [5.41, 5.74) is 14.8. The normalized spacial score (nSPS) is 17.4. The molecule has 6 heteroatoms. The van der Waals surface area contributed by atoms with Crippen molar-refractivity contribution in [3.8, 4) is 11.8 Å². The van der Waals surface area contributed by atoms with Gasteiger partial charge in [-0.1, -0.05) is 42.0 Å². The van der Waals surface area contributed by atoms with E-state index < -0.39 is 5.92 Å². The van der Waals surface area contributed by atoms with Gasteiger partial charge in [0.15, 0.2) is 5.78 Å². The molecular weight excluding hydrogens is 538 g/mol. The number of nitrogens with two attached hydrogens (primary N) is 1. The van der Waals surface area contributed by atoms with Crippen molar-refractivity contribution in [2.24, 2.45) is 5.73 Å². The van der Waals surface area contributed by atoms with Crippen LogP contribution in [0.3, 0.4) is 0 Å². The Hall–Kier alpha value is -3.82. The van der Waals surface area contributed by atoms with Gasteiger partial charge in [0, 0.05) is 23.4 Å². The first-order valence-corrected chi connectivity index (χ1v) is 13.6. The zero-order valence-corrected chi connectivity index (χ0v) is 23.4. The van der Waals surface area contributed by atoms with Gasteiger partial charge >= 0.3 is 0 Å². The van der Waals surface area contributed by atoms with Gasteiger partial charge in [-0.2, -0.15) is 5.26 Å². The number of carbonyl (C=O) groups excluding carboxylic acids is 1. The van der Waals surface area contributed by atoms with Gasteiger partial charge in [0.2, 0.25) is 0 Å². The molecule has 1 aliphatic carbocycles. The molecule has 0 radical (unpaired) electrons. The minimum Gasteiger partial charge on any atom is -0.488 e. The highest BCUT2D eigenvalue weighted by atomic mass is 79.9. The number of allylic oxidation sites excluding steroid dienone is 3. The van der Waals surface area contributed by atoms with E-state index >= 15 is 0 Å². The minimum absolute atomic E-state index is 0.0830. The summed E-state index contributed by atoms with van der Waals surface area (Å²) >= 11 is 3.54. The maximum Gasteiger partial charge on any atom is 0.161 e. The van der Waals surface area contributed by atoms with Crippen LogP contribution in [-0.2, 0) is 11.4 Å². The lowest BCUT2D eigenvalue weighted by molar-refractivity contribution is -0.116. The van der Waals surface area contributed by atoms with Gasteiger partial charge in [0.25, 0.3) is 0 Å². The van der Waals surface area contributed by atoms with E-state index in [9.17, 15) is 10.1 Å². The number of ketones is 1. The standard InChI is InChI=1S/C32H30BrN3O2/c1-19-11-13-23(14-12-19)36-27-8-6-9-28(37)31(27)30(25(17-34)32(36)35)24-16-22(20(2)15-21(24)3)18-38-29-10-5-4-7-26(29)33/h4-5,7,10-16,30H,6,8-9,18,35H2,1-3H3. The number of benzene rings is 3. The van der Waals surface area contributed by atoms with Crippen LogP contribution in [0.25, 0.3) is 0 Å². The molecule has 3 aromatic rings. The van der Waals surface area contributed by atoms with Crippen LogP contribution >= 0.6 is 15.9 Å². The fraction of sp³-hybridized carbons (Fsp3) is 0.250. The Morgan fingerprint density at radius 2 is 1.79 bits per heavy atom. The van der Waals surface area contributed by atoms with Crippen LogP contribution in [0.1, 0.15) is 53.0 Å². The quantitative estimate of drug-likeness (QED) is 0.351. The predicted octanol–water partition coefficient (Wildman–Crippen LogP) is 7.26. The highest BCUT2D eigenvalue weighted by Crippen LogP contribution is 2.47. The van der Waals surface area contributed by atoms with Crippen molar-refractivity contribution in [2.45, 2.75) is 52.6 Å². The molecule has 38 heavy (non-hydrogen) atoms. The summed E-state index contributed by atoms with van der Waals surface area (Å²) in [6.07, 6.45) is 1.96. The summed E-state index contributed by atoms with van der Waals surface area (Å²) in [5.74, 6) is 0.724. The third kappa shape index (κ3) is 4.63. The lowest BCUT2D eigenvalue weighted by Gasteiger charge is -2.40. The van der Waals surface area contributed by atoms with Crippen molar-refractivity contribution in [3.63, 3.8) is 0 Å². The summed E-state index contributed by atoms with van der Waals surface area (Å²) in [5, 5.41) is 10.4. The van der Waals surface area contributed by atoms with Gasteiger partial charge in [0.05, 0.1) is 22.0 Å². The molecule has 2 aliphatic rings. The van der Waals surface area contributed by atoms with Crippen LogP contribution in [0.4, 0.5) is 5.69 Å². The summed E-state index contributed by atoms with van der Waals surface area (Å²) in [6.45, 7) is 6.49. The molecule has 0 saturated carbocycles. The van der Waals surface area contributed by atoms with Crippen molar-refractivity contribution in [2.75, 3.05) is 4.90 Å². The Bertz CT molecular complexity index is 1530. The fourth-order valence-corrected chi connectivity index (χ4v) is 5.89. The molecule has 3 aromatic carbocycles. The summed E-state index contributed by atoms with van der Waals surface area (Å²) in [7, 11) is 0.